The minimum Gasteiger partial charge on any atom is -0.490 e. The predicted molar refractivity (Wildman–Crippen MR) is 97.8 cm³/mol. The van der Waals surface area contributed by atoms with Crippen molar-refractivity contribution in [1.29, 1.82) is 0 Å². The molecule has 3 aliphatic rings. The molecular weight excluding hydrogens is 312 g/mol. The fraction of sp³-hybridized carbons (Fsp3) is 0.714. The lowest BCUT2D eigenvalue weighted by molar-refractivity contribution is -0.122. The Balaban J connectivity index is 1.19. The van der Waals surface area contributed by atoms with E-state index < -0.39 is 0 Å². The Hall–Kier alpha value is -1.42. The third-order valence-electron chi connectivity index (χ3n) is 6.27. The lowest BCUT2D eigenvalue weighted by Gasteiger charge is -2.27. The van der Waals surface area contributed by atoms with Gasteiger partial charge < -0.3 is 10.1 Å². The minimum atomic E-state index is 0.387. The van der Waals surface area contributed by atoms with Crippen LogP contribution in [0.1, 0.15) is 69.3 Å². The van der Waals surface area contributed by atoms with Gasteiger partial charge >= 0.3 is 0 Å². The minimum absolute atomic E-state index is 0.387. The topological polar surface area (TPSA) is 51.2 Å². The van der Waals surface area contributed by atoms with Gasteiger partial charge in [0.25, 0.3) is 0 Å². The molecule has 2 aliphatic carbocycles. The molecule has 0 amide bonds. The first-order valence-electron chi connectivity index (χ1n) is 10.1. The molecule has 4 heteroatoms. The Morgan fingerprint density at radius 3 is 2.84 bits per heavy atom. The summed E-state index contributed by atoms with van der Waals surface area (Å²) in [6.07, 6.45) is 14.1. The molecule has 1 aliphatic heterocycles. The highest BCUT2D eigenvalue weighted by Crippen LogP contribution is 2.50. The van der Waals surface area contributed by atoms with E-state index >= 15 is 0 Å². The first kappa shape index (κ1) is 17.0. The highest BCUT2D eigenvalue weighted by Gasteiger charge is 2.38. The third-order valence-corrected chi connectivity index (χ3v) is 6.27. The number of Topliss-reactive ketones (excluding diaryl/α,β-unsaturated/α-hetero) is 1. The zero-order chi connectivity index (χ0) is 17.1. The number of hydrogen-bond acceptors (Lipinski definition) is 4. The molecule has 0 bridgehead atoms. The number of nitrogens with zero attached hydrogens (tertiary/aromatic N) is 1. The number of nitrogens with one attached hydrogen (secondary N) is 1. The summed E-state index contributed by atoms with van der Waals surface area (Å²) < 4.78 is 5.86. The fourth-order valence-corrected chi connectivity index (χ4v) is 4.37. The van der Waals surface area contributed by atoms with E-state index in [1.54, 1.807) is 0 Å². The molecule has 2 heterocycles. The molecule has 1 saturated heterocycles. The summed E-state index contributed by atoms with van der Waals surface area (Å²) in [4.78, 5) is 16.5. The van der Waals surface area contributed by atoms with Crippen LogP contribution < -0.4 is 10.1 Å². The van der Waals surface area contributed by atoms with Crippen LogP contribution in [-0.4, -0.2) is 30.0 Å². The van der Waals surface area contributed by atoms with E-state index in [1.807, 2.05) is 12.4 Å². The van der Waals surface area contributed by atoms with Crippen LogP contribution in [0, 0.1) is 11.8 Å². The molecule has 25 heavy (non-hydrogen) atoms. The number of hydrogen-bond donors (Lipinski definition) is 1. The van der Waals surface area contributed by atoms with Gasteiger partial charge in [-0.05, 0) is 68.5 Å². The Morgan fingerprint density at radius 2 is 2.08 bits per heavy atom. The van der Waals surface area contributed by atoms with Gasteiger partial charge in [0, 0.05) is 24.6 Å². The van der Waals surface area contributed by atoms with Crippen LogP contribution in [0.2, 0.25) is 0 Å². The zero-order valence-electron chi connectivity index (χ0n) is 15.1. The maximum atomic E-state index is 12.2. The summed E-state index contributed by atoms with van der Waals surface area (Å²) in [7, 11) is 0. The number of rotatable bonds is 9. The van der Waals surface area contributed by atoms with E-state index in [0.29, 0.717) is 23.7 Å². The van der Waals surface area contributed by atoms with Crippen LogP contribution in [0.4, 0.5) is 0 Å². The molecule has 3 atom stereocenters. The van der Waals surface area contributed by atoms with Crippen LogP contribution in [-0.2, 0) is 4.79 Å². The quantitative estimate of drug-likeness (QED) is 0.740. The summed E-state index contributed by atoms with van der Waals surface area (Å²) >= 11 is 0. The second-order valence-corrected chi connectivity index (χ2v) is 8.15. The van der Waals surface area contributed by atoms with Crippen LogP contribution in [0.15, 0.2) is 18.5 Å². The fourth-order valence-electron chi connectivity index (χ4n) is 4.37. The molecule has 0 aromatic carbocycles. The normalized spacial score (nSPS) is 28.6. The van der Waals surface area contributed by atoms with Crippen LogP contribution in [0.25, 0.3) is 0 Å². The first-order chi connectivity index (χ1) is 12.3. The molecule has 136 valence electrons. The Morgan fingerprint density at radius 1 is 1.24 bits per heavy atom. The van der Waals surface area contributed by atoms with Crippen molar-refractivity contribution < 1.29 is 9.53 Å². The van der Waals surface area contributed by atoms with Crippen molar-refractivity contribution in [1.82, 2.24) is 10.3 Å². The van der Waals surface area contributed by atoms with Crippen LogP contribution in [0.3, 0.4) is 0 Å². The monoisotopic (exact) mass is 342 g/mol. The number of carbonyl (C=O) groups is 1. The van der Waals surface area contributed by atoms with Gasteiger partial charge in [0.2, 0.25) is 0 Å². The van der Waals surface area contributed by atoms with Crippen LogP contribution in [0.5, 0.6) is 5.75 Å². The summed E-state index contributed by atoms with van der Waals surface area (Å²) in [5.41, 5.74) is 1.31. The molecule has 0 spiro atoms. The second-order valence-electron chi connectivity index (χ2n) is 8.15. The lowest BCUT2D eigenvalue weighted by atomic mass is 9.97. The average Bonchev–Trinajstić information content (AvgIpc) is 3.14. The Bertz CT molecular complexity index is 593. The van der Waals surface area contributed by atoms with Gasteiger partial charge in [-0.15, -0.1) is 0 Å². The Kier molecular flexibility index (Phi) is 5.35. The van der Waals surface area contributed by atoms with Crippen molar-refractivity contribution in [3.05, 3.63) is 24.0 Å². The molecule has 1 aromatic heterocycles. The maximum absolute atomic E-state index is 12.2. The molecule has 3 fully saturated rings. The summed E-state index contributed by atoms with van der Waals surface area (Å²) in [5.74, 6) is 3.17. The number of ketones is 1. The maximum Gasteiger partial charge on any atom is 0.137 e. The number of ether oxygens (including phenoxy) is 1. The summed E-state index contributed by atoms with van der Waals surface area (Å²) in [5, 5.41) is 3.35. The van der Waals surface area contributed by atoms with E-state index in [4.69, 9.17) is 4.74 Å². The number of pyridine rings is 1. The molecule has 4 nitrogen and oxygen atoms in total. The summed E-state index contributed by atoms with van der Waals surface area (Å²) in [6, 6.07) is 2.68. The highest BCUT2D eigenvalue weighted by atomic mass is 16.5. The zero-order valence-corrected chi connectivity index (χ0v) is 15.1. The predicted octanol–water partition coefficient (Wildman–Crippen LogP) is 3.86. The standard InChI is InChI=1S/C21H30N2O2/c24-21(15-4-1-2-5-15)7-3-6-16-11-20(16)17-10-19(13-22-12-17)25-14-18-8-9-23-18/h10,12-13,15-16,18,20,23H,1-9,11,14H2/t16-,18-,20-/m0/s1. The molecule has 2 saturated carbocycles. The third kappa shape index (κ3) is 4.41. The highest BCUT2D eigenvalue weighted by molar-refractivity contribution is 5.81. The van der Waals surface area contributed by atoms with Gasteiger partial charge in [-0.1, -0.05) is 12.8 Å². The molecule has 0 unspecified atom stereocenters. The van der Waals surface area contributed by atoms with Gasteiger partial charge in [-0.3, -0.25) is 9.78 Å². The van der Waals surface area contributed by atoms with Crippen molar-refractivity contribution in [2.75, 3.05) is 13.2 Å². The van der Waals surface area contributed by atoms with Gasteiger partial charge in [-0.25, -0.2) is 0 Å². The molecule has 1 aromatic rings. The van der Waals surface area contributed by atoms with Crippen molar-refractivity contribution in [2.24, 2.45) is 11.8 Å². The van der Waals surface area contributed by atoms with Gasteiger partial charge in [0.05, 0.1) is 6.20 Å². The Labute approximate surface area is 150 Å². The van der Waals surface area contributed by atoms with Gasteiger partial charge in [0.15, 0.2) is 0 Å². The van der Waals surface area contributed by atoms with E-state index in [1.165, 1.54) is 37.7 Å². The van der Waals surface area contributed by atoms with Gasteiger partial charge in [0.1, 0.15) is 18.1 Å². The second kappa shape index (κ2) is 7.86. The molecule has 4 rings (SSSR count). The molecular formula is C21H30N2O2. The molecule has 1 N–H and O–H groups in total. The smallest absolute Gasteiger partial charge is 0.137 e. The van der Waals surface area contributed by atoms with Crippen LogP contribution >= 0.6 is 0 Å². The van der Waals surface area contributed by atoms with Crippen molar-refractivity contribution in [2.45, 2.75) is 69.7 Å². The van der Waals surface area contributed by atoms with Gasteiger partial charge in [-0.2, -0.15) is 0 Å². The lowest BCUT2D eigenvalue weighted by Crippen LogP contribution is -2.46. The summed E-state index contributed by atoms with van der Waals surface area (Å²) in [6.45, 7) is 1.85. The van der Waals surface area contributed by atoms with Crippen molar-refractivity contribution >= 4 is 5.78 Å². The molecule has 0 radical (unpaired) electrons. The van der Waals surface area contributed by atoms with E-state index in [9.17, 15) is 4.79 Å². The largest absolute Gasteiger partial charge is 0.490 e. The number of aromatic nitrogens is 1. The average molecular weight is 342 g/mol. The van der Waals surface area contributed by atoms with Crippen molar-refractivity contribution in [3.63, 3.8) is 0 Å². The van der Waals surface area contributed by atoms with E-state index in [0.717, 1.165) is 50.5 Å². The van der Waals surface area contributed by atoms with E-state index in [-0.39, 0.29) is 0 Å². The SMILES string of the molecule is O=C(CCC[C@H]1C[C@@H]1c1cncc(OC[C@@H]2CCN2)c1)C1CCCC1. The number of carbonyl (C=O) groups excluding carboxylic acids is 1. The van der Waals surface area contributed by atoms with E-state index in [2.05, 4.69) is 16.4 Å². The van der Waals surface area contributed by atoms with Crippen molar-refractivity contribution in [3.8, 4) is 5.75 Å². The first-order valence-corrected chi connectivity index (χ1v) is 10.1.